The van der Waals surface area contributed by atoms with Gasteiger partial charge in [0.2, 0.25) is 0 Å². The second-order valence-electron chi connectivity index (χ2n) is 10.9. The van der Waals surface area contributed by atoms with E-state index in [-0.39, 0.29) is 0 Å². The summed E-state index contributed by atoms with van der Waals surface area (Å²) >= 11 is 0. The molecule has 0 unspecified atom stereocenters. The van der Waals surface area contributed by atoms with Gasteiger partial charge in [-0.3, -0.25) is 0 Å². The van der Waals surface area contributed by atoms with E-state index in [1.54, 1.807) is 0 Å². The Balaban J connectivity index is 1.19. The molecule has 0 bridgehead atoms. The van der Waals surface area contributed by atoms with Gasteiger partial charge in [0.05, 0.1) is 16.7 Å². The van der Waals surface area contributed by atoms with Crippen molar-refractivity contribution in [2.75, 3.05) is 0 Å². The standard InChI is InChI=1S/C39H24N4O/c1-3-11-25(12-4-1)37-40-38(26-13-5-2-6-14-26)42-39(41-37)29-16-9-15-27(23-29)28-21-22-32-31(24-28)30-17-10-20-35-36(30)43(32)33-18-7-8-19-34(33)44-35/h1-24H. The lowest BCUT2D eigenvalue weighted by Crippen LogP contribution is -2.03. The first-order chi connectivity index (χ1) is 21.8. The monoisotopic (exact) mass is 564 g/mol. The van der Waals surface area contributed by atoms with Gasteiger partial charge in [-0.2, -0.15) is 0 Å². The van der Waals surface area contributed by atoms with Crippen LogP contribution < -0.4 is 4.74 Å². The van der Waals surface area contributed by atoms with Gasteiger partial charge in [-0.1, -0.05) is 109 Å². The summed E-state index contributed by atoms with van der Waals surface area (Å²) in [6, 6.07) is 49.8. The quantitative estimate of drug-likeness (QED) is 0.214. The van der Waals surface area contributed by atoms with Crippen molar-refractivity contribution in [2.45, 2.75) is 0 Å². The first-order valence-electron chi connectivity index (χ1n) is 14.6. The van der Waals surface area contributed by atoms with Gasteiger partial charge in [-0.15, -0.1) is 0 Å². The normalized spacial score (nSPS) is 11.8. The Labute approximate surface area is 253 Å². The maximum atomic E-state index is 6.30. The minimum atomic E-state index is 0.640. The van der Waals surface area contributed by atoms with Crippen molar-refractivity contribution in [1.29, 1.82) is 0 Å². The molecule has 1 aliphatic heterocycles. The topological polar surface area (TPSA) is 52.8 Å². The smallest absolute Gasteiger partial charge is 0.164 e. The highest BCUT2D eigenvalue weighted by Gasteiger charge is 2.23. The van der Waals surface area contributed by atoms with E-state index in [9.17, 15) is 0 Å². The van der Waals surface area contributed by atoms with E-state index in [2.05, 4.69) is 71.3 Å². The lowest BCUT2D eigenvalue weighted by molar-refractivity contribution is 0.476. The third-order valence-corrected chi connectivity index (χ3v) is 8.23. The van der Waals surface area contributed by atoms with Gasteiger partial charge in [-0.05, 0) is 47.5 Å². The van der Waals surface area contributed by atoms with E-state index in [1.807, 2.05) is 78.9 Å². The summed E-state index contributed by atoms with van der Waals surface area (Å²) in [5.74, 6) is 3.68. The van der Waals surface area contributed by atoms with Gasteiger partial charge in [0.1, 0.15) is 0 Å². The van der Waals surface area contributed by atoms with E-state index in [0.29, 0.717) is 17.5 Å². The summed E-state index contributed by atoms with van der Waals surface area (Å²) < 4.78 is 8.62. The maximum Gasteiger partial charge on any atom is 0.164 e. The third kappa shape index (κ3) is 3.91. The minimum Gasteiger partial charge on any atom is -0.453 e. The van der Waals surface area contributed by atoms with Crippen LogP contribution >= 0.6 is 0 Å². The van der Waals surface area contributed by atoms with Crippen LogP contribution in [0.1, 0.15) is 0 Å². The van der Waals surface area contributed by atoms with Crippen molar-refractivity contribution >= 4 is 21.8 Å². The molecule has 0 spiro atoms. The Morgan fingerprint density at radius 2 is 0.977 bits per heavy atom. The summed E-state index contributed by atoms with van der Waals surface area (Å²) in [6.07, 6.45) is 0. The van der Waals surface area contributed by atoms with Crippen LogP contribution in [0.5, 0.6) is 11.5 Å². The maximum absolute atomic E-state index is 6.30. The first-order valence-corrected chi connectivity index (χ1v) is 14.6. The van der Waals surface area contributed by atoms with Crippen molar-refractivity contribution in [1.82, 2.24) is 19.5 Å². The molecule has 0 fully saturated rings. The van der Waals surface area contributed by atoms with Gasteiger partial charge < -0.3 is 9.30 Å². The molecule has 0 saturated heterocycles. The number of para-hydroxylation sites is 3. The van der Waals surface area contributed by atoms with E-state index < -0.39 is 0 Å². The van der Waals surface area contributed by atoms with Crippen LogP contribution in [0.3, 0.4) is 0 Å². The number of nitrogens with zero attached hydrogens (tertiary/aromatic N) is 4. The van der Waals surface area contributed by atoms with Crippen LogP contribution in [0, 0.1) is 0 Å². The molecule has 0 amide bonds. The molecule has 0 radical (unpaired) electrons. The molecule has 0 saturated carbocycles. The van der Waals surface area contributed by atoms with Crippen LogP contribution in [-0.4, -0.2) is 19.5 Å². The number of benzene rings is 6. The Morgan fingerprint density at radius 3 is 1.73 bits per heavy atom. The minimum absolute atomic E-state index is 0.640. The molecule has 2 aromatic heterocycles. The zero-order valence-corrected chi connectivity index (χ0v) is 23.6. The van der Waals surface area contributed by atoms with E-state index >= 15 is 0 Å². The van der Waals surface area contributed by atoms with Gasteiger partial charge in [-0.25, -0.2) is 15.0 Å². The molecule has 206 valence electrons. The van der Waals surface area contributed by atoms with Crippen LogP contribution in [0.2, 0.25) is 0 Å². The lowest BCUT2D eigenvalue weighted by atomic mass is 10.0. The predicted molar refractivity (Wildman–Crippen MR) is 176 cm³/mol. The second-order valence-corrected chi connectivity index (χ2v) is 10.9. The van der Waals surface area contributed by atoms with Gasteiger partial charge >= 0.3 is 0 Å². The molecule has 0 N–H and O–H groups in total. The van der Waals surface area contributed by atoms with Gasteiger partial charge in [0, 0.05) is 27.5 Å². The summed E-state index contributed by atoms with van der Waals surface area (Å²) in [7, 11) is 0. The molecule has 5 nitrogen and oxygen atoms in total. The van der Waals surface area contributed by atoms with Crippen LogP contribution in [0.15, 0.2) is 146 Å². The molecule has 8 aromatic rings. The molecule has 3 heterocycles. The number of hydrogen-bond acceptors (Lipinski definition) is 4. The Hall–Kier alpha value is -6.07. The summed E-state index contributed by atoms with van der Waals surface area (Å²) in [4.78, 5) is 14.7. The van der Waals surface area contributed by atoms with Crippen molar-refractivity contribution in [2.24, 2.45) is 0 Å². The SMILES string of the molecule is c1ccc(-c2nc(-c3ccccc3)nc(-c3cccc(-c4ccc5c(c4)c4cccc6c4n5-c4ccccc4O6)c3)n2)cc1. The molecule has 44 heavy (non-hydrogen) atoms. The van der Waals surface area contributed by atoms with E-state index in [0.717, 1.165) is 56.0 Å². The third-order valence-electron chi connectivity index (χ3n) is 8.23. The highest BCUT2D eigenvalue weighted by Crippen LogP contribution is 2.45. The molecular formula is C39H24N4O. The predicted octanol–water partition coefficient (Wildman–Crippen LogP) is 9.74. The van der Waals surface area contributed by atoms with Crippen LogP contribution in [0.4, 0.5) is 0 Å². The number of ether oxygens (including phenoxy) is 1. The fourth-order valence-electron chi connectivity index (χ4n) is 6.17. The average Bonchev–Trinajstić information content (AvgIpc) is 3.44. The zero-order valence-electron chi connectivity index (χ0n) is 23.6. The summed E-state index contributed by atoms with van der Waals surface area (Å²) in [6.45, 7) is 0. The zero-order chi connectivity index (χ0) is 29.0. The van der Waals surface area contributed by atoms with Gasteiger partial charge in [0.15, 0.2) is 29.0 Å². The number of aromatic nitrogens is 4. The summed E-state index contributed by atoms with van der Waals surface area (Å²) in [5, 5.41) is 2.35. The molecule has 6 aromatic carbocycles. The average molecular weight is 565 g/mol. The highest BCUT2D eigenvalue weighted by atomic mass is 16.5. The van der Waals surface area contributed by atoms with E-state index in [4.69, 9.17) is 19.7 Å². The summed E-state index contributed by atoms with van der Waals surface area (Å²) in [5.41, 5.74) is 8.36. The molecule has 0 aliphatic carbocycles. The Bertz CT molecular complexity index is 2300. The van der Waals surface area contributed by atoms with Crippen molar-refractivity contribution < 1.29 is 4.74 Å². The molecular weight excluding hydrogens is 540 g/mol. The van der Waals surface area contributed by atoms with Crippen LogP contribution in [0.25, 0.3) is 72.8 Å². The Kier molecular flexibility index (Phi) is 5.43. The lowest BCUT2D eigenvalue weighted by Gasteiger charge is -2.20. The number of rotatable bonds is 4. The second kappa shape index (κ2) is 9.75. The fourth-order valence-corrected chi connectivity index (χ4v) is 6.17. The van der Waals surface area contributed by atoms with Crippen molar-refractivity contribution in [3.8, 4) is 62.5 Å². The molecule has 9 rings (SSSR count). The fraction of sp³-hybridized carbons (Fsp3) is 0. The largest absolute Gasteiger partial charge is 0.453 e. The molecule has 0 atom stereocenters. The first kappa shape index (κ1) is 24.5. The Morgan fingerprint density at radius 1 is 0.409 bits per heavy atom. The number of hydrogen-bond donors (Lipinski definition) is 0. The van der Waals surface area contributed by atoms with E-state index in [1.165, 1.54) is 10.8 Å². The van der Waals surface area contributed by atoms with Crippen LogP contribution in [-0.2, 0) is 0 Å². The van der Waals surface area contributed by atoms with Crippen molar-refractivity contribution in [3.05, 3.63) is 146 Å². The number of fused-ring (bicyclic) bond motifs is 5. The van der Waals surface area contributed by atoms with Gasteiger partial charge in [0.25, 0.3) is 0 Å². The molecule has 1 aliphatic rings. The highest BCUT2D eigenvalue weighted by molar-refractivity contribution is 6.13. The molecule has 5 heteroatoms. The van der Waals surface area contributed by atoms with Crippen molar-refractivity contribution in [3.63, 3.8) is 0 Å².